The van der Waals surface area contributed by atoms with E-state index in [-0.39, 0.29) is 30.1 Å². The van der Waals surface area contributed by atoms with Gasteiger partial charge in [0.05, 0.1) is 12.7 Å². The Hall–Kier alpha value is -2.07. The van der Waals surface area contributed by atoms with E-state index in [1.807, 2.05) is 26.8 Å². The maximum Gasteiger partial charge on any atom is 0.409 e. The number of nitrogens with zero attached hydrogens (tertiary/aromatic N) is 1. The number of amides is 1. The van der Waals surface area contributed by atoms with Crippen LogP contribution >= 0.6 is 0 Å². The molecule has 1 aliphatic heterocycles. The molecule has 3 aliphatic rings. The molecule has 3 fully saturated rings. The monoisotopic (exact) mass is 562 g/mol. The van der Waals surface area contributed by atoms with Gasteiger partial charge in [0.1, 0.15) is 6.29 Å². The minimum atomic E-state index is -1.36. The summed E-state index contributed by atoms with van der Waals surface area (Å²) >= 11 is 0. The lowest BCUT2D eigenvalue weighted by atomic mass is 9.45. The molecule has 0 aromatic heterocycles. The highest BCUT2D eigenvalue weighted by Crippen LogP contribution is 2.63. The largest absolute Gasteiger partial charge is 0.441 e. The molecule has 2 aliphatic carbocycles. The van der Waals surface area contributed by atoms with Crippen molar-refractivity contribution >= 4 is 18.2 Å². The van der Waals surface area contributed by atoms with Gasteiger partial charge in [0.25, 0.3) is 0 Å². The molecular formula is C31H50N2O7. The number of rotatable bonds is 11. The highest BCUT2D eigenvalue weighted by atomic mass is 16.7. The first-order valence-corrected chi connectivity index (χ1v) is 14.8. The first-order valence-electron chi connectivity index (χ1n) is 14.8. The van der Waals surface area contributed by atoms with Crippen LogP contribution in [-0.4, -0.2) is 86.6 Å². The first-order chi connectivity index (χ1) is 18.9. The molecule has 0 aromatic carbocycles. The third-order valence-corrected chi connectivity index (χ3v) is 10.1. The van der Waals surface area contributed by atoms with E-state index >= 15 is 0 Å². The van der Waals surface area contributed by atoms with Crippen LogP contribution in [0, 0.1) is 28.6 Å². The molecule has 226 valence electrons. The van der Waals surface area contributed by atoms with Crippen molar-refractivity contribution in [1.82, 2.24) is 10.2 Å². The zero-order valence-electron chi connectivity index (χ0n) is 25.4. The van der Waals surface area contributed by atoms with Gasteiger partial charge in [-0.15, -0.1) is 0 Å². The number of hydrogen-bond acceptors (Lipinski definition) is 8. The van der Waals surface area contributed by atoms with E-state index in [0.29, 0.717) is 25.9 Å². The molecule has 9 nitrogen and oxygen atoms in total. The van der Waals surface area contributed by atoms with Crippen molar-refractivity contribution in [3.63, 3.8) is 0 Å². The van der Waals surface area contributed by atoms with Gasteiger partial charge in [-0.2, -0.15) is 0 Å². The molecule has 0 spiro atoms. The normalized spacial score (nSPS) is 38.8. The number of nitrogens with one attached hydrogen (secondary N) is 1. The van der Waals surface area contributed by atoms with Crippen LogP contribution in [0.2, 0.25) is 0 Å². The van der Waals surface area contributed by atoms with Gasteiger partial charge in [0.15, 0.2) is 18.5 Å². The van der Waals surface area contributed by atoms with E-state index < -0.39 is 41.5 Å². The topological polar surface area (TPSA) is 114 Å². The van der Waals surface area contributed by atoms with Crippen molar-refractivity contribution in [2.45, 2.75) is 84.7 Å². The third-order valence-electron chi connectivity index (χ3n) is 10.1. The summed E-state index contributed by atoms with van der Waals surface area (Å²) in [5, 5.41) is 14.8. The predicted octanol–water partition coefficient (Wildman–Crippen LogP) is 3.90. The van der Waals surface area contributed by atoms with Crippen LogP contribution in [0.15, 0.2) is 23.8 Å². The summed E-state index contributed by atoms with van der Waals surface area (Å²) in [6.45, 7) is 10.9. The van der Waals surface area contributed by atoms with Gasteiger partial charge >= 0.3 is 6.09 Å². The molecule has 0 radical (unpaired) electrons. The number of aliphatic hydroxyl groups is 1. The summed E-state index contributed by atoms with van der Waals surface area (Å²) in [7, 11) is 3.43. The van der Waals surface area contributed by atoms with Gasteiger partial charge in [0.2, 0.25) is 5.78 Å². The second-order valence-corrected chi connectivity index (χ2v) is 12.3. The molecule has 40 heavy (non-hydrogen) atoms. The van der Waals surface area contributed by atoms with Crippen LogP contribution in [-0.2, 0) is 23.8 Å². The maximum atomic E-state index is 14.1. The highest BCUT2D eigenvalue weighted by Gasteiger charge is 2.67. The number of carbonyl (C=O) groups excluding carboxylic acids is 3. The summed E-state index contributed by atoms with van der Waals surface area (Å²) in [6, 6.07) is 0. The number of aldehydes is 1. The minimum absolute atomic E-state index is 0.0230. The van der Waals surface area contributed by atoms with Crippen LogP contribution < -0.4 is 5.32 Å². The molecule has 9 heteroatoms. The van der Waals surface area contributed by atoms with Gasteiger partial charge in [0, 0.05) is 36.9 Å². The van der Waals surface area contributed by atoms with Crippen LogP contribution in [0.3, 0.4) is 0 Å². The molecule has 0 bridgehead atoms. The summed E-state index contributed by atoms with van der Waals surface area (Å²) in [6.07, 6.45) is 8.04. The minimum Gasteiger partial charge on any atom is -0.441 e. The Morgan fingerprint density at radius 3 is 2.65 bits per heavy atom. The summed E-state index contributed by atoms with van der Waals surface area (Å²) < 4.78 is 18.1. The SMILES string of the molecule is C/C=C\C1(C)/C(=C\C=O)CCC2C1C(O)CC(C)(C1(C(=O)COC(=O)N(C)CCNC)COC(CCC)O1)C2C. The molecule has 1 saturated heterocycles. The van der Waals surface area contributed by atoms with Gasteiger partial charge in [-0.1, -0.05) is 51.8 Å². The number of ketones is 1. The van der Waals surface area contributed by atoms with Crippen molar-refractivity contribution in [3.8, 4) is 0 Å². The smallest absolute Gasteiger partial charge is 0.409 e. The zero-order valence-corrected chi connectivity index (χ0v) is 25.4. The van der Waals surface area contributed by atoms with Gasteiger partial charge < -0.3 is 29.5 Å². The molecule has 1 heterocycles. The Kier molecular flexibility index (Phi) is 10.8. The van der Waals surface area contributed by atoms with Gasteiger partial charge in [-0.25, -0.2) is 4.79 Å². The highest BCUT2D eigenvalue weighted by molar-refractivity contribution is 5.91. The van der Waals surface area contributed by atoms with E-state index in [4.69, 9.17) is 14.2 Å². The van der Waals surface area contributed by atoms with E-state index in [2.05, 4.69) is 25.2 Å². The maximum absolute atomic E-state index is 14.1. The van der Waals surface area contributed by atoms with E-state index in [1.54, 1.807) is 20.2 Å². The summed E-state index contributed by atoms with van der Waals surface area (Å²) in [5.41, 5.74) is -1.59. The van der Waals surface area contributed by atoms with E-state index in [0.717, 1.165) is 31.1 Å². The van der Waals surface area contributed by atoms with Crippen molar-refractivity contribution in [2.24, 2.45) is 28.6 Å². The number of likely N-dealkylation sites (N-methyl/N-ethyl adjacent to an activating group) is 2. The molecule has 2 saturated carbocycles. The van der Waals surface area contributed by atoms with E-state index in [1.165, 1.54) is 4.90 Å². The number of allylic oxidation sites excluding steroid dienone is 4. The Bertz CT molecular complexity index is 983. The van der Waals surface area contributed by atoms with Crippen LogP contribution in [0.25, 0.3) is 0 Å². The number of ether oxygens (including phenoxy) is 3. The Balaban J connectivity index is 1.96. The Morgan fingerprint density at radius 2 is 2.02 bits per heavy atom. The molecule has 1 amide bonds. The van der Waals surface area contributed by atoms with Crippen molar-refractivity contribution in [3.05, 3.63) is 23.8 Å². The van der Waals surface area contributed by atoms with Gasteiger partial charge in [-0.05, 0) is 57.6 Å². The Morgan fingerprint density at radius 1 is 1.30 bits per heavy atom. The molecule has 8 atom stereocenters. The lowest BCUT2D eigenvalue weighted by Crippen LogP contribution is -2.66. The fourth-order valence-electron chi connectivity index (χ4n) is 7.71. The number of fused-ring (bicyclic) bond motifs is 1. The second kappa shape index (κ2) is 13.3. The van der Waals surface area contributed by atoms with Crippen molar-refractivity contribution in [1.29, 1.82) is 0 Å². The summed E-state index contributed by atoms with van der Waals surface area (Å²) in [5.74, 6) is -0.404. The van der Waals surface area contributed by atoms with Gasteiger partial charge in [-0.3, -0.25) is 9.59 Å². The van der Waals surface area contributed by atoms with Crippen LogP contribution in [0.4, 0.5) is 4.79 Å². The average molecular weight is 563 g/mol. The number of Topliss-reactive ketones (excluding diaryl/α,β-unsaturated/α-hetero) is 1. The van der Waals surface area contributed by atoms with Crippen molar-refractivity contribution in [2.75, 3.05) is 40.4 Å². The Labute approximate surface area is 239 Å². The first kappa shape index (κ1) is 32.4. The van der Waals surface area contributed by atoms with Crippen LogP contribution in [0.5, 0.6) is 0 Å². The fraction of sp³-hybridized carbons (Fsp3) is 0.774. The number of aliphatic hydroxyl groups excluding tert-OH is 1. The fourth-order valence-corrected chi connectivity index (χ4v) is 7.71. The molecule has 0 aromatic rings. The number of carbonyl (C=O) groups is 3. The number of hydrogen-bond donors (Lipinski definition) is 2. The molecular weight excluding hydrogens is 512 g/mol. The zero-order chi connectivity index (χ0) is 29.7. The quantitative estimate of drug-likeness (QED) is 0.221. The second-order valence-electron chi connectivity index (χ2n) is 12.3. The average Bonchev–Trinajstić information content (AvgIpc) is 3.36. The van der Waals surface area contributed by atoms with Crippen LogP contribution in [0.1, 0.15) is 66.7 Å². The standard InChI is InChI=1S/C31H50N2O7/c1-8-10-26-39-20-31(40-26,25(36)19-38-28(37)33(7)16-15-32-6)30(5)18-24(35)27-23(21(30)3)12-11-22(13-17-34)29(27,4)14-9-2/h9,13-14,17,21,23-24,26-27,32,35H,8,10-12,15-16,18-20H2,1-7H3/b14-9-,22-13-. The molecule has 3 rings (SSSR count). The molecule has 8 unspecified atom stereocenters. The predicted molar refractivity (Wildman–Crippen MR) is 153 cm³/mol. The van der Waals surface area contributed by atoms with Crippen molar-refractivity contribution < 1.29 is 33.7 Å². The summed E-state index contributed by atoms with van der Waals surface area (Å²) in [4.78, 5) is 39.6. The lowest BCUT2D eigenvalue weighted by Gasteiger charge is -2.61. The molecule has 2 N–H and O–H groups in total. The van der Waals surface area contributed by atoms with E-state index in [9.17, 15) is 19.5 Å². The third kappa shape index (κ3) is 5.80. The lowest BCUT2D eigenvalue weighted by molar-refractivity contribution is -0.208.